The molecule has 1 aliphatic rings. The van der Waals surface area contributed by atoms with Crippen LogP contribution in [0.25, 0.3) is 0 Å². The fourth-order valence-electron chi connectivity index (χ4n) is 0.999. The lowest BCUT2D eigenvalue weighted by Crippen LogP contribution is -2.29. The van der Waals surface area contributed by atoms with E-state index in [2.05, 4.69) is 5.32 Å². The van der Waals surface area contributed by atoms with Crippen LogP contribution in [-0.2, 0) is 9.53 Å². The van der Waals surface area contributed by atoms with Crippen molar-refractivity contribution in [1.29, 1.82) is 0 Å². The van der Waals surface area contributed by atoms with Gasteiger partial charge in [0.05, 0.1) is 6.26 Å². The van der Waals surface area contributed by atoms with Crippen LogP contribution in [0, 0.1) is 12.1 Å². The van der Waals surface area contributed by atoms with E-state index in [4.69, 9.17) is 4.74 Å². The molecule has 0 aromatic carbocycles. The van der Waals surface area contributed by atoms with Crippen molar-refractivity contribution in [3.8, 4) is 0 Å². The standard InChI is InChI=1S/C8H12NO2/c1-3-7-4-5-11-8(7)9-6(2)10/h4-5,7H,3H2,1-2H3,(H,9,10). The Hall–Kier alpha value is -0.990. The molecule has 1 rings (SSSR count). The Balaban J connectivity index is 2.41. The van der Waals surface area contributed by atoms with Crippen LogP contribution in [-0.4, -0.2) is 5.91 Å². The van der Waals surface area contributed by atoms with Crippen molar-refractivity contribution in [1.82, 2.24) is 5.32 Å². The predicted molar refractivity (Wildman–Crippen MR) is 41.1 cm³/mol. The molecule has 11 heavy (non-hydrogen) atoms. The Morgan fingerprint density at radius 3 is 3.09 bits per heavy atom. The van der Waals surface area contributed by atoms with Gasteiger partial charge < -0.3 is 10.1 Å². The summed E-state index contributed by atoms with van der Waals surface area (Å²) in [5.74, 6) is 0.168. The van der Waals surface area contributed by atoms with Gasteiger partial charge in [-0.1, -0.05) is 6.92 Å². The van der Waals surface area contributed by atoms with Crippen LogP contribution in [0.5, 0.6) is 0 Å². The van der Waals surface area contributed by atoms with Crippen LogP contribution in [0.2, 0.25) is 0 Å². The van der Waals surface area contributed by atoms with Crippen molar-refractivity contribution in [3.05, 3.63) is 18.6 Å². The summed E-state index contributed by atoms with van der Waals surface area (Å²) in [4.78, 5) is 10.6. The molecule has 1 aliphatic heterocycles. The molecule has 0 aromatic rings. The predicted octanol–water partition coefficient (Wildman–Crippen LogP) is 1.18. The van der Waals surface area contributed by atoms with Gasteiger partial charge in [0.1, 0.15) is 0 Å². The molecule has 0 saturated heterocycles. The van der Waals surface area contributed by atoms with Crippen LogP contribution in [0.3, 0.4) is 0 Å². The van der Waals surface area contributed by atoms with E-state index in [-0.39, 0.29) is 11.8 Å². The van der Waals surface area contributed by atoms with Gasteiger partial charge in [0.25, 0.3) is 0 Å². The van der Waals surface area contributed by atoms with Gasteiger partial charge in [0.15, 0.2) is 0 Å². The zero-order valence-corrected chi connectivity index (χ0v) is 6.76. The molecule has 1 unspecified atom stereocenters. The van der Waals surface area contributed by atoms with Gasteiger partial charge in [-0.2, -0.15) is 0 Å². The summed E-state index contributed by atoms with van der Waals surface area (Å²) in [7, 11) is 0. The largest absolute Gasteiger partial charge is 0.469 e. The maximum atomic E-state index is 10.6. The molecule has 1 N–H and O–H groups in total. The average molecular weight is 154 g/mol. The van der Waals surface area contributed by atoms with E-state index in [0.717, 1.165) is 6.42 Å². The highest BCUT2D eigenvalue weighted by Gasteiger charge is 2.25. The maximum Gasteiger partial charge on any atom is 0.247 e. The van der Waals surface area contributed by atoms with Gasteiger partial charge in [-0.25, -0.2) is 0 Å². The molecule has 0 saturated carbocycles. The van der Waals surface area contributed by atoms with Crippen LogP contribution in [0.1, 0.15) is 20.3 Å². The van der Waals surface area contributed by atoms with Crippen molar-refractivity contribution >= 4 is 5.91 Å². The van der Waals surface area contributed by atoms with Crippen molar-refractivity contribution in [2.75, 3.05) is 0 Å². The molecule has 0 fully saturated rings. The normalized spacial score (nSPS) is 23.3. The number of hydrogen-bond donors (Lipinski definition) is 1. The summed E-state index contributed by atoms with van der Waals surface area (Å²) < 4.78 is 5.07. The number of hydrogen-bond acceptors (Lipinski definition) is 2. The van der Waals surface area contributed by atoms with E-state index in [0.29, 0.717) is 6.23 Å². The lowest BCUT2D eigenvalue weighted by Gasteiger charge is -2.14. The van der Waals surface area contributed by atoms with Crippen molar-refractivity contribution in [2.24, 2.45) is 5.92 Å². The third-order valence-corrected chi connectivity index (χ3v) is 1.58. The molecular weight excluding hydrogens is 142 g/mol. The number of carbonyl (C=O) groups is 1. The summed E-state index contributed by atoms with van der Waals surface area (Å²) in [6.07, 6.45) is 5.15. The van der Waals surface area contributed by atoms with Crippen LogP contribution in [0.4, 0.5) is 0 Å². The molecule has 3 nitrogen and oxygen atoms in total. The number of ether oxygens (including phenoxy) is 1. The minimum Gasteiger partial charge on any atom is -0.469 e. The fourth-order valence-corrected chi connectivity index (χ4v) is 0.999. The molecule has 1 radical (unpaired) electrons. The first-order chi connectivity index (χ1) is 5.24. The molecule has 1 amide bonds. The molecule has 3 heteroatoms. The monoisotopic (exact) mass is 154 g/mol. The van der Waals surface area contributed by atoms with Crippen LogP contribution >= 0.6 is 0 Å². The lowest BCUT2D eigenvalue weighted by molar-refractivity contribution is -0.120. The van der Waals surface area contributed by atoms with Crippen LogP contribution in [0.15, 0.2) is 12.3 Å². The Kier molecular flexibility index (Phi) is 2.52. The minimum absolute atomic E-state index is 0.0813. The molecule has 0 aliphatic carbocycles. The molecule has 61 valence electrons. The summed E-state index contributed by atoms with van der Waals surface area (Å²) >= 11 is 0. The summed E-state index contributed by atoms with van der Waals surface area (Å²) in [5, 5.41) is 2.64. The number of nitrogens with one attached hydrogen (secondary N) is 1. The summed E-state index contributed by atoms with van der Waals surface area (Å²) in [6.45, 7) is 3.52. The Labute approximate surface area is 66.4 Å². The topological polar surface area (TPSA) is 38.3 Å². The lowest BCUT2D eigenvalue weighted by atomic mass is 10.1. The molecular formula is C8H12NO2. The Bertz CT molecular complexity index is 177. The summed E-state index contributed by atoms with van der Waals surface area (Å²) in [5.41, 5.74) is 0. The van der Waals surface area contributed by atoms with Gasteiger partial charge >= 0.3 is 0 Å². The Morgan fingerprint density at radius 1 is 1.82 bits per heavy atom. The first-order valence-electron chi connectivity index (χ1n) is 3.71. The molecule has 0 spiro atoms. The molecule has 0 bridgehead atoms. The molecule has 1 atom stereocenters. The maximum absolute atomic E-state index is 10.6. The first-order valence-corrected chi connectivity index (χ1v) is 3.71. The SMILES string of the molecule is CCC1C=CO[C]1NC(C)=O. The van der Waals surface area contributed by atoms with Crippen LogP contribution < -0.4 is 5.32 Å². The third-order valence-electron chi connectivity index (χ3n) is 1.58. The zero-order chi connectivity index (χ0) is 8.27. The highest BCUT2D eigenvalue weighted by atomic mass is 16.5. The van der Waals surface area contributed by atoms with Gasteiger partial charge in [0.2, 0.25) is 12.1 Å². The number of carbonyl (C=O) groups excluding carboxylic acids is 1. The average Bonchev–Trinajstić information content (AvgIpc) is 2.34. The zero-order valence-electron chi connectivity index (χ0n) is 6.76. The van der Waals surface area contributed by atoms with Gasteiger partial charge in [-0.15, -0.1) is 0 Å². The highest BCUT2D eigenvalue weighted by Crippen LogP contribution is 2.24. The van der Waals surface area contributed by atoms with Crippen molar-refractivity contribution < 1.29 is 9.53 Å². The quantitative estimate of drug-likeness (QED) is 0.648. The van der Waals surface area contributed by atoms with Gasteiger partial charge in [0, 0.05) is 12.8 Å². The Morgan fingerprint density at radius 2 is 2.55 bits per heavy atom. The smallest absolute Gasteiger partial charge is 0.247 e. The van der Waals surface area contributed by atoms with Crippen molar-refractivity contribution in [3.63, 3.8) is 0 Å². The molecule has 0 aromatic heterocycles. The van der Waals surface area contributed by atoms with E-state index < -0.39 is 0 Å². The number of rotatable bonds is 2. The number of amides is 1. The summed E-state index contributed by atoms with van der Waals surface area (Å²) in [6, 6.07) is 0. The third kappa shape index (κ3) is 1.97. The second kappa shape index (κ2) is 3.42. The second-order valence-electron chi connectivity index (χ2n) is 2.51. The van der Waals surface area contributed by atoms with Gasteiger partial charge in [-0.05, 0) is 12.5 Å². The second-order valence-corrected chi connectivity index (χ2v) is 2.51. The fraction of sp³-hybridized carbons (Fsp3) is 0.500. The van der Waals surface area contributed by atoms with E-state index in [1.807, 2.05) is 13.0 Å². The first kappa shape index (κ1) is 8.11. The van der Waals surface area contributed by atoms with E-state index in [9.17, 15) is 4.79 Å². The minimum atomic E-state index is -0.0813. The van der Waals surface area contributed by atoms with E-state index in [1.165, 1.54) is 6.92 Å². The highest BCUT2D eigenvalue weighted by molar-refractivity contribution is 5.74. The molecule has 1 heterocycles. The van der Waals surface area contributed by atoms with Crippen molar-refractivity contribution in [2.45, 2.75) is 20.3 Å². The van der Waals surface area contributed by atoms with Gasteiger partial charge in [-0.3, -0.25) is 4.79 Å². The van der Waals surface area contributed by atoms with E-state index in [1.54, 1.807) is 6.26 Å². The van der Waals surface area contributed by atoms with E-state index >= 15 is 0 Å².